The van der Waals surface area contributed by atoms with Gasteiger partial charge in [0.15, 0.2) is 0 Å². The summed E-state index contributed by atoms with van der Waals surface area (Å²) in [6.07, 6.45) is 5.24. The molecule has 2 heterocycles. The summed E-state index contributed by atoms with van der Waals surface area (Å²) in [7, 11) is 0. The molecule has 1 N–H and O–H groups in total. The molecular weight excluding hydrogens is 272 g/mol. The maximum atomic E-state index is 6.15. The van der Waals surface area contributed by atoms with Gasteiger partial charge >= 0.3 is 0 Å². The molecule has 0 spiro atoms. The van der Waals surface area contributed by atoms with E-state index in [1.807, 2.05) is 0 Å². The van der Waals surface area contributed by atoms with Crippen LogP contribution < -0.4 is 15.0 Å². The molecule has 0 bridgehead atoms. The largest absolute Gasteiger partial charge is 0.486 e. The van der Waals surface area contributed by atoms with Crippen LogP contribution in [-0.2, 0) is 6.42 Å². The number of anilines is 1. The van der Waals surface area contributed by atoms with Crippen molar-refractivity contribution >= 4 is 5.69 Å². The van der Waals surface area contributed by atoms with Crippen molar-refractivity contribution in [3.8, 4) is 5.75 Å². The summed E-state index contributed by atoms with van der Waals surface area (Å²) >= 11 is 0. The van der Waals surface area contributed by atoms with Crippen molar-refractivity contribution in [1.29, 1.82) is 0 Å². The molecule has 2 unspecified atom stereocenters. The molecule has 0 saturated carbocycles. The predicted molar refractivity (Wildman–Crippen MR) is 92.9 cm³/mol. The van der Waals surface area contributed by atoms with E-state index in [1.54, 1.807) is 0 Å². The number of ether oxygens (including phenoxy) is 1. The lowest BCUT2D eigenvalue weighted by molar-refractivity contribution is 0.186. The zero-order valence-electron chi connectivity index (χ0n) is 14.3. The first-order valence-electron chi connectivity index (χ1n) is 8.94. The van der Waals surface area contributed by atoms with Crippen LogP contribution in [0.1, 0.15) is 45.6 Å². The second-order valence-electron chi connectivity index (χ2n) is 7.11. The van der Waals surface area contributed by atoms with Crippen molar-refractivity contribution in [2.45, 2.75) is 58.6 Å². The summed E-state index contributed by atoms with van der Waals surface area (Å²) in [4.78, 5) is 2.51. The highest BCUT2D eigenvalue weighted by atomic mass is 16.5. The second-order valence-corrected chi connectivity index (χ2v) is 7.11. The standard InChI is InChI=1S/C19H30N2O/c1-4-17-13-21(14(2)3)18-11-15(7-8-19(18)22-17)10-16-6-5-9-20-12-16/h7-8,11,14,16-17,20H,4-6,9-10,12-13H2,1-3H3. The Hall–Kier alpha value is -1.22. The second kappa shape index (κ2) is 6.91. The van der Waals surface area contributed by atoms with Crippen LogP contribution in [0.15, 0.2) is 18.2 Å². The topological polar surface area (TPSA) is 24.5 Å². The predicted octanol–water partition coefficient (Wildman–Crippen LogP) is 3.61. The fraction of sp³-hybridized carbons (Fsp3) is 0.684. The van der Waals surface area contributed by atoms with Gasteiger partial charge in [-0.15, -0.1) is 0 Å². The third-order valence-electron chi connectivity index (χ3n) is 5.03. The van der Waals surface area contributed by atoms with Gasteiger partial charge in [0.1, 0.15) is 11.9 Å². The molecular formula is C19H30N2O. The van der Waals surface area contributed by atoms with E-state index in [0.29, 0.717) is 12.1 Å². The van der Waals surface area contributed by atoms with Crippen LogP contribution in [0, 0.1) is 5.92 Å². The van der Waals surface area contributed by atoms with Gasteiger partial charge in [-0.1, -0.05) is 13.0 Å². The molecule has 2 atom stereocenters. The van der Waals surface area contributed by atoms with Gasteiger partial charge in [0.25, 0.3) is 0 Å². The maximum Gasteiger partial charge on any atom is 0.143 e. The SMILES string of the molecule is CCC1CN(C(C)C)c2cc(CC3CCCNC3)ccc2O1. The van der Waals surface area contributed by atoms with Gasteiger partial charge in [0.2, 0.25) is 0 Å². The highest BCUT2D eigenvalue weighted by Gasteiger charge is 2.26. The molecule has 2 aliphatic rings. The Bertz CT molecular complexity index is 494. The summed E-state index contributed by atoms with van der Waals surface area (Å²) in [5.74, 6) is 1.85. The van der Waals surface area contributed by atoms with Crippen molar-refractivity contribution in [3.63, 3.8) is 0 Å². The summed E-state index contributed by atoms with van der Waals surface area (Å²) in [5, 5.41) is 3.52. The lowest BCUT2D eigenvalue weighted by Gasteiger charge is -2.39. The third kappa shape index (κ3) is 3.40. The number of piperidine rings is 1. The minimum absolute atomic E-state index is 0.322. The van der Waals surface area contributed by atoms with Gasteiger partial charge in [-0.3, -0.25) is 0 Å². The van der Waals surface area contributed by atoms with E-state index in [9.17, 15) is 0 Å². The third-order valence-corrected chi connectivity index (χ3v) is 5.03. The maximum absolute atomic E-state index is 6.15. The summed E-state index contributed by atoms with van der Waals surface area (Å²) < 4.78 is 6.15. The smallest absolute Gasteiger partial charge is 0.143 e. The number of benzene rings is 1. The van der Waals surface area contributed by atoms with Crippen molar-refractivity contribution in [2.24, 2.45) is 5.92 Å². The van der Waals surface area contributed by atoms with E-state index < -0.39 is 0 Å². The molecule has 3 heteroatoms. The molecule has 0 aromatic heterocycles. The number of rotatable bonds is 4. The summed E-state index contributed by atoms with van der Waals surface area (Å²) in [6.45, 7) is 10.1. The first kappa shape index (κ1) is 15.7. The highest BCUT2D eigenvalue weighted by molar-refractivity contribution is 5.62. The molecule has 3 nitrogen and oxygen atoms in total. The Labute approximate surface area is 135 Å². The molecule has 1 aromatic rings. The quantitative estimate of drug-likeness (QED) is 0.919. The molecule has 22 heavy (non-hydrogen) atoms. The van der Waals surface area contributed by atoms with Gasteiger partial charge < -0.3 is 15.0 Å². The van der Waals surface area contributed by atoms with Crippen molar-refractivity contribution in [2.75, 3.05) is 24.5 Å². The van der Waals surface area contributed by atoms with E-state index in [0.717, 1.165) is 24.6 Å². The average Bonchev–Trinajstić information content (AvgIpc) is 2.54. The Morgan fingerprint density at radius 2 is 2.23 bits per heavy atom. The number of fused-ring (bicyclic) bond motifs is 1. The molecule has 3 rings (SSSR count). The molecule has 1 aromatic carbocycles. The highest BCUT2D eigenvalue weighted by Crippen LogP contribution is 2.36. The minimum atomic E-state index is 0.322. The molecule has 0 aliphatic carbocycles. The average molecular weight is 302 g/mol. The first-order valence-corrected chi connectivity index (χ1v) is 8.94. The fourth-order valence-electron chi connectivity index (χ4n) is 3.68. The van der Waals surface area contributed by atoms with Crippen LogP contribution in [-0.4, -0.2) is 31.8 Å². The minimum Gasteiger partial charge on any atom is -0.486 e. The fourth-order valence-corrected chi connectivity index (χ4v) is 3.68. The lowest BCUT2D eigenvalue weighted by atomic mass is 9.92. The van der Waals surface area contributed by atoms with Crippen LogP contribution in [0.2, 0.25) is 0 Å². The molecule has 0 amide bonds. The van der Waals surface area contributed by atoms with Crippen LogP contribution >= 0.6 is 0 Å². The monoisotopic (exact) mass is 302 g/mol. The molecule has 2 aliphatic heterocycles. The number of hydrogen-bond donors (Lipinski definition) is 1. The van der Waals surface area contributed by atoms with E-state index in [-0.39, 0.29) is 0 Å². The number of nitrogens with zero attached hydrogens (tertiary/aromatic N) is 1. The molecule has 1 saturated heterocycles. The molecule has 122 valence electrons. The summed E-state index contributed by atoms with van der Waals surface area (Å²) in [5.41, 5.74) is 2.75. The lowest BCUT2D eigenvalue weighted by Crippen LogP contribution is -2.43. The molecule has 0 radical (unpaired) electrons. The van der Waals surface area contributed by atoms with Crippen LogP contribution in [0.25, 0.3) is 0 Å². The van der Waals surface area contributed by atoms with Crippen LogP contribution in [0.3, 0.4) is 0 Å². The van der Waals surface area contributed by atoms with Crippen molar-refractivity contribution in [3.05, 3.63) is 23.8 Å². The van der Waals surface area contributed by atoms with E-state index in [4.69, 9.17) is 4.74 Å². The van der Waals surface area contributed by atoms with Crippen LogP contribution in [0.4, 0.5) is 5.69 Å². The number of nitrogens with one attached hydrogen (secondary N) is 1. The van der Waals surface area contributed by atoms with Gasteiger partial charge in [0, 0.05) is 6.04 Å². The van der Waals surface area contributed by atoms with Crippen molar-refractivity contribution < 1.29 is 4.74 Å². The normalized spacial score (nSPS) is 25.0. The Morgan fingerprint density at radius 3 is 2.91 bits per heavy atom. The zero-order chi connectivity index (χ0) is 15.5. The van der Waals surface area contributed by atoms with E-state index in [1.165, 1.54) is 43.6 Å². The van der Waals surface area contributed by atoms with E-state index >= 15 is 0 Å². The van der Waals surface area contributed by atoms with Gasteiger partial charge in [0.05, 0.1) is 12.2 Å². The molecule has 1 fully saturated rings. The Kier molecular flexibility index (Phi) is 4.92. The van der Waals surface area contributed by atoms with Crippen molar-refractivity contribution in [1.82, 2.24) is 5.32 Å². The summed E-state index contributed by atoms with van der Waals surface area (Å²) in [6, 6.07) is 7.35. The van der Waals surface area contributed by atoms with E-state index in [2.05, 4.69) is 49.2 Å². The van der Waals surface area contributed by atoms with Crippen LogP contribution in [0.5, 0.6) is 5.75 Å². The zero-order valence-corrected chi connectivity index (χ0v) is 14.3. The van der Waals surface area contributed by atoms with Gasteiger partial charge in [-0.05, 0) is 76.2 Å². The Morgan fingerprint density at radius 1 is 1.36 bits per heavy atom. The van der Waals surface area contributed by atoms with Gasteiger partial charge in [-0.25, -0.2) is 0 Å². The van der Waals surface area contributed by atoms with Gasteiger partial charge in [-0.2, -0.15) is 0 Å². The first-order chi connectivity index (χ1) is 10.7. The number of hydrogen-bond acceptors (Lipinski definition) is 3. The Balaban J connectivity index is 1.80.